The highest BCUT2D eigenvalue weighted by Gasteiger charge is 2.11. The van der Waals surface area contributed by atoms with Crippen LogP contribution in [0.15, 0.2) is 41.6 Å². The lowest BCUT2D eigenvalue weighted by atomic mass is 10.1. The minimum Gasteiger partial charge on any atom is -0.484 e. The van der Waals surface area contributed by atoms with Crippen molar-refractivity contribution in [1.29, 1.82) is 0 Å². The van der Waals surface area contributed by atoms with Gasteiger partial charge in [0.2, 0.25) is 0 Å². The lowest BCUT2D eigenvalue weighted by molar-refractivity contribution is 0.285. The van der Waals surface area contributed by atoms with E-state index in [1.54, 1.807) is 0 Å². The van der Waals surface area contributed by atoms with Crippen molar-refractivity contribution in [3.63, 3.8) is 0 Å². The number of hydrogen-bond donors (Lipinski definition) is 2. The minimum absolute atomic E-state index is 0.101. The van der Waals surface area contributed by atoms with E-state index in [0.717, 1.165) is 6.07 Å². The predicted molar refractivity (Wildman–Crippen MR) is 74.7 cm³/mol. The third-order valence-electron chi connectivity index (χ3n) is 2.75. The SMILES string of the molecule is N/C(=N/O)c1ccc(COc2c(F)cccc2Cl)c(F)c1. The number of ether oxygens (including phenoxy) is 1. The highest BCUT2D eigenvalue weighted by Crippen LogP contribution is 2.28. The molecule has 0 saturated carbocycles. The van der Waals surface area contributed by atoms with Crippen LogP contribution < -0.4 is 10.5 Å². The number of hydrogen-bond acceptors (Lipinski definition) is 3. The van der Waals surface area contributed by atoms with Crippen LogP contribution in [0.4, 0.5) is 8.78 Å². The van der Waals surface area contributed by atoms with Crippen molar-refractivity contribution >= 4 is 17.4 Å². The molecule has 110 valence electrons. The maximum Gasteiger partial charge on any atom is 0.174 e. The summed E-state index contributed by atoms with van der Waals surface area (Å²) in [5, 5.41) is 11.4. The van der Waals surface area contributed by atoms with Gasteiger partial charge in [-0.2, -0.15) is 0 Å². The zero-order valence-corrected chi connectivity index (χ0v) is 11.4. The van der Waals surface area contributed by atoms with Crippen molar-refractivity contribution in [3.8, 4) is 5.75 Å². The molecule has 0 heterocycles. The summed E-state index contributed by atoms with van der Waals surface area (Å²) in [6, 6.07) is 8.06. The maximum absolute atomic E-state index is 13.9. The van der Waals surface area contributed by atoms with Gasteiger partial charge in [0.15, 0.2) is 17.4 Å². The molecule has 0 aliphatic rings. The van der Waals surface area contributed by atoms with Gasteiger partial charge < -0.3 is 15.7 Å². The average Bonchev–Trinajstić information content (AvgIpc) is 2.47. The maximum atomic E-state index is 13.9. The molecule has 3 N–H and O–H groups in total. The van der Waals surface area contributed by atoms with E-state index < -0.39 is 11.6 Å². The molecule has 0 saturated heterocycles. The molecule has 21 heavy (non-hydrogen) atoms. The quantitative estimate of drug-likeness (QED) is 0.394. The Labute approximate surface area is 124 Å². The molecule has 0 spiro atoms. The Balaban J connectivity index is 2.18. The summed E-state index contributed by atoms with van der Waals surface area (Å²) in [5.74, 6) is -1.60. The summed E-state index contributed by atoms with van der Waals surface area (Å²) in [4.78, 5) is 0. The molecule has 4 nitrogen and oxygen atoms in total. The molecule has 0 aromatic heterocycles. The molecule has 0 unspecified atom stereocenters. The van der Waals surface area contributed by atoms with E-state index >= 15 is 0 Å². The number of benzene rings is 2. The number of nitrogens with two attached hydrogens (primary N) is 1. The zero-order valence-electron chi connectivity index (χ0n) is 10.7. The van der Waals surface area contributed by atoms with Crippen LogP contribution in [-0.4, -0.2) is 11.0 Å². The summed E-state index contributed by atoms with van der Waals surface area (Å²) in [6.07, 6.45) is 0. The third-order valence-corrected chi connectivity index (χ3v) is 3.05. The second-order valence-electron chi connectivity index (χ2n) is 4.13. The molecule has 7 heteroatoms. The first-order valence-corrected chi connectivity index (χ1v) is 6.24. The summed E-state index contributed by atoms with van der Waals surface area (Å²) in [6.45, 7) is -0.205. The zero-order chi connectivity index (χ0) is 15.4. The van der Waals surface area contributed by atoms with E-state index in [9.17, 15) is 8.78 Å². The molecule has 2 aromatic carbocycles. The van der Waals surface area contributed by atoms with Crippen LogP contribution in [0.25, 0.3) is 0 Å². The van der Waals surface area contributed by atoms with Crippen LogP contribution in [0.1, 0.15) is 11.1 Å². The Kier molecular flexibility index (Phi) is 4.59. The predicted octanol–water partition coefficient (Wildman–Crippen LogP) is 3.29. The highest BCUT2D eigenvalue weighted by molar-refractivity contribution is 6.32. The Morgan fingerprint density at radius 1 is 1.24 bits per heavy atom. The second kappa shape index (κ2) is 6.41. The van der Waals surface area contributed by atoms with Gasteiger partial charge in [-0.1, -0.05) is 35.0 Å². The van der Waals surface area contributed by atoms with E-state index in [0.29, 0.717) is 0 Å². The van der Waals surface area contributed by atoms with Crippen LogP contribution >= 0.6 is 11.6 Å². The van der Waals surface area contributed by atoms with Crippen molar-refractivity contribution in [3.05, 3.63) is 64.2 Å². The number of oxime groups is 1. The van der Waals surface area contributed by atoms with Crippen LogP contribution in [0, 0.1) is 11.6 Å². The lowest BCUT2D eigenvalue weighted by Gasteiger charge is -2.10. The summed E-state index contributed by atoms with van der Waals surface area (Å²) >= 11 is 5.80. The Bertz CT molecular complexity index is 672. The first-order valence-electron chi connectivity index (χ1n) is 5.86. The summed E-state index contributed by atoms with van der Waals surface area (Å²) in [7, 11) is 0. The molecule has 0 aliphatic heterocycles. The normalized spacial score (nSPS) is 11.5. The summed E-state index contributed by atoms with van der Waals surface area (Å²) < 4.78 is 32.6. The fourth-order valence-corrected chi connectivity index (χ4v) is 1.87. The van der Waals surface area contributed by atoms with E-state index in [-0.39, 0.29) is 34.3 Å². The van der Waals surface area contributed by atoms with E-state index in [2.05, 4.69) is 5.16 Å². The first kappa shape index (κ1) is 15.1. The monoisotopic (exact) mass is 312 g/mol. The van der Waals surface area contributed by atoms with Crippen molar-refractivity contribution in [2.45, 2.75) is 6.61 Å². The molecular formula is C14H11ClF2N2O2. The molecule has 0 fully saturated rings. The number of rotatable bonds is 4. The molecule has 2 rings (SSSR count). The van der Waals surface area contributed by atoms with Gasteiger partial charge in [-0.15, -0.1) is 0 Å². The molecule has 2 aromatic rings. The van der Waals surface area contributed by atoms with Gasteiger partial charge in [-0.3, -0.25) is 0 Å². The van der Waals surface area contributed by atoms with Gasteiger partial charge in [0.05, 0.1) is 5.02 Å². The Morgan fingerprint density at radius 2 is 2.00 bits per heavy atom. The van der Waals surface area contributed by atoms with Gasteiger partial charge in [0.1, 0.15) is 12.4 Å². The molecule has 0 bridgehead atoms. The van der Waals surface area contributed by atoms with E-state index in [1.807, 2.05) is 0 Å². The average molecular weight is 313 g/mol. The third kappa shape index (κ3) is 3.41. The van der Waals surface area contributed by atoms with Crippen molar-refractivity contribution in [1.82, 2.24) is 0 Å². The Hall–Kier alpha value is -2.34. The van der Waals surface area contributed by atoms with Crippen molar-refractivity contribution in [2.24, 2.45) is 10.9 Å². The molecule has 0 radical (unpaired) electrons. The van der Waals surface area contributed by atoms with Gasteiger partial charge >= 0.3 is 0 Å². The van der Waals surface area contributed by atoms with Crippen LogP contribution in [0.3, 0.4) is 0 Å². The van der Waals surface area contributed by atoms with Crippen molar-refractivity contribution < 1.29 is 18.7 Å². The summed E-state index contributed by atoms with van der Waals surface area (Å²) in [5.41, 5.74) is 5.76. The van der Waals surface area contributed by atoms with Gasteiger partial charge in [-0.25, -0.2) is 8.78 Å². The van der Waals surface area contributed by atoms with Crippen LogP contribution in [-0.2, 0) is 6.61 Å². The van der Waals surface area contributed by atoms with Crippen LogP contribution in [0.2, 0.25) is 5.02 Å². The van der Waals surface area contributed by atoms with Gasteiger partial charge in [0.25, 0.3) is 0 Å². The topological polar surface area (TPSA) is 67.8 Å². The largest absolute Gasteiger partial charge is 0.484 e. The molecular weight excluding hydrogens is 302 g/mol. The van der Waals surface area contributed by atoms with E-state index in [1.165, 1.54) is 30.3 Å². The fraction of sp³-hybridized carbons (Fsp3) is 0.0714. The highest BCUT2D eigenvalue weighted by atomic mass is 35.5. The smallest absolute Gasteiger partial charge is 0.174 e. The van der Waals surface area contributed by atoms with Crippen LogP contribution in [0.5, 0.6) is 5.75 Å². The molecule has 0 aliphatic carbocycles. The van der Waals surface area contributed by atoms with E-state index in [4.69, 9.17) is 27.3 Å². The standard InChI is InChI=1S/C14H11ClF2N2O2/c15-10-2-1-3-11(16)13(10)21-7-9-5-4-8(6-12(9)17)14(18)19-20/h1-6,20H,7H2,(H2,18,19). The van der Waals surface area contributed by atoms with Gasteiger partial charge in [0, 0.05) is 11.1 Å². The number of halogens is 3. The minimum atomic E-state index is -0.629. The number of amidine groups is 1. The number of para-hydroxylation sites is 1. The molecule has 0 atom stereocenters. The van der Waals surface area contributed by atoms with Gasteiger partial charge in [-0.05, 0) is 18.2 Å². The number of nitrogens with zero attached hydrogens (tertiary/aromatic N) is 1. The fourth-order valence-electron chi connectivity index (χ4n) is 1.65. The second-order valence-corrected chi connectivity index (χ2v) is 4.54. The Morgan fingerprint density at radius 3 is 2.62 bits per heavy atom. The first-order chi connectivity index (χ1) is 10.0. The lowest BCUT2D eigenvalue weighted by Crippen LogP contribution is -2.13. The molecule has 0 amide bonds. The van der Waals surface area contributed by atoms with Crippen molar-refractivity contribution in [2.75, 3.05) is 0 Å².